The third-order valence-corrected chi connectivity index (χ3v) is 6.03. The Hall–Kier alpha value is -2.15. The summed E-state index contributed by atoms with van der Waals surface area (Å²) in [7, 11) is 1.84. The standard InChI is InChI=1S/C21H31FN4O2/c1-16(27)24(2)20-9-13-26(14-10-20)21(28)23-19-7-11-25(12-8-19)15-17-3-5-18(22)6-4-17/h3-6,19-20H,7-15H2,1-2H3,(H,23,28). The topological polar surface area (TPSA) is 55.9 Å². The summed E-state index contributed by atoms with van der Waals surface area (Å²) in [6, 6.07) is 7.11. The molecular formula is C21H31FN4O2. The van der Waals surface area contributed by atoms with Crippen molar-refractivity contribution < 1.29 is 14.0 Å². The highest BCUT2D eigenvalue weighted by Gasteiger charge is 2.28. The summed E-state index contributed by atoms with van der Waals surface area (Å²) in [5.74, 6) is -0.127. The van der Waals surface area contributed by atoms with Gasteiger partial charge >= 0.3 is 6.03 Å². The predicted octanol–water partition coefficient (Wildman–Crippen LogP) is 2.44. The minimum atomic E-state index is -0.206. The van der Waals surface area contributed by atoms with E-state index in [2.05, 4.69) is 10.2 Å². The number of likely N-dealkylation sites (tertiary alicyclic amines) is 2. The van der Waals surface area contributed by atoms with Crippen molar-refractivity contribution in [3.8, 4) is 0 Å². The molecule has 1 aromatic rings. The van der Waals surface area contributed by atoms with Crippen LogP contribution in [0, 0.1) is 5.82 Å². The van der Waals surface area contributed by atoms with E-state index in [1.165, 1.54) is 12.1 Å². The fraction of sp³-hybridized carbons (Fsp3) is 0.619. The van der Waals surface area contributed by atoms with Crippen molar-refractivity contribution in [2.24, 2.45) is 0 Å². The van der Waals surface area contributed by atoms with E-state index < -0.39 is 0 Å². The van der Waals surface area contributed by atoms with Crippen LogP contribution < -0.4 is 5.32 Å². The molecule has 1 aromatic carbocycles. The number of amides is 3. The van der Waals surface area contributed by atoms with Gasteiger partial charge in [-0.25, -0.2) is 9.18 Å². The van der Waals surface area contributed by atoms with Crippen LogP contribution >= 0.6 is 0 Å². The van der Waals surface area contributed by atoms with E-state index in [4.69, 9.17) is 0 Å². The van der Waals surface area contributed by atoms with E-state index in [1.54, 1.807) is 11.8 Å². The van der Waals surface area contributed by atoms with Crippen molar-refractivity contribution in [2.45, 2.75) is 51.2 Å². The van der Waals surface area contributed by atoms with Gasteiger partial charge in [0.05, 0.1) is 0 Å². The summed E-state index contributed by atoms with van der Waals surface area (Å²) >= 11 is 0. The van der Waals surface area contributed by atoms with Crippen molar-refractivity contribution in [3.05, 3.63) is 35.6 Å². The minimum absolute atomic E-state index is 0.0147. The van der Waals surface area contributed by atoms with Crippen LogP contribution in [-0.2, 0) is 11.3 Å². The highest BCUT2D eigenvalue weighted by Crippen LogP contribution is 2.18. The lowest BCUT2D eigenvalue weighted by atomic mass is 10.0. The largest absolute Gasteiger partial charge is 0.343 e. The molecule has 0 aromatic heterocycles. The molecule has 154 valence electrons. The van der Waals surface area contributed by atoms with Gasteiger partial charge in [0.25, 0.3) is 0 Å². The average molecular weight is 391 g/mol. The molecule has 0 unspecified atom stereocenters. The molecule has 2 heterocycles. The first-order chi connectivity index (χ1) is 13.4. The zero-order valence-corrected chi connectivity index (χ0v) is 16.9. The highest BCUT2D eigenvalue weighted by atomic mass is 19.1. The molecule has 2 saturated heterocycles. The molecule has 0 atom stereocenters. The fourth-order valence-corrected chi connectivity index (χ4v) is 4.06. The third-order valence-electron chi connectivity index (χ3n) is 6.03. The van der Waals surface area contributed by atoms with E-state index in [0.717, 1.165) is 50.9 Å². The van der Waals surface area contributed by atoms with Gasteiger partial charge in [-0.15, -0.1) is 0 Å². The average Bonchev–Trinajstić information content (AvgIpc) is 2.70. The summed E-state index contributed by atoms with van der Waals surface area (Å²) in [6.07, 6.45) is 3.52. The maximum absolute atomic E-state index is 13.0. The van der Waals surface area contributed by atoms with Crippen LogP contribution in [-0.4, -0.2) is 71.9 Å². The monoisotopic (exact) mass is 390 g/mol. The van der Waals surface area contributed by atoms with E-state index in [-0.39, 0.29) is 29.8 Å². The summed E-state index contributed by atoms with van der Waals surface area (Å²) in [5, 5.41) is 3.18. The maximum atomic E-state index is 13.0. The SMILES string of the molecule is CC(=O)N(C)C1CCN(C(=O)NC2CCN(Cc3ccc(F)cc3)CC2)CC1. The third kappa shape index (κ3) is 5.44. The second kappa shape index (κ2) is 9.37. The Morgan fingerprint density at radius 2 is 1.68 bits per heavy atom. The Bertz CT molecular complexity index is 665. The number of piperidine rings is 2. The van der Waals surface area contributed by atoms with Gasteiger partial charge in [-0.05, 0) is 43.4 Å². The van der Waals surface area contributed by atoms with E-state index >= 15 is 0 Å². The number of nitrogens with zero attached hydrogens (tertiary/aromatic N) is 3. The van der Waals surface area contributed by atoms with Gasteiger partial charge in [-0.2, -0.15) is 0 Å². The second-order valence-electron chi connectivity index (χ2n) is 7.97. The van der Waals surface area contributed by atoms with Crippen molar-refractivity contribution in [1.82, 2.24) is 20.0 Å². The maximum Gasteiger partial charge on any atom is 0.317 e. The van der Waals surface area contributed by atoms with Crippen molar-refractivity contribution in [1.29, 1.82) is 0 Å². The first kappa shape index (κ1) is 20.6. The highest BCUT2D eigenvalue weighted by molar-refractivity contribution is 5.75. The Morgan fingerprint density at radius 3 is 2.25 bits per heavy atom. The van der Waals surface area contributed by atoms with Crippen LogP contribution in [0.1, 0.15) is 38.2 Å². The van der Waals surface area contributed by atoms with Crippen LogP contribution in [0.4, 0.5) is 9.18 Å². The van der Waals surface area contributed by atoms with Gasteiger partial charge in [0.2, 0.25) is 5.91 Å². The zero-order valence-electron chi connectivity index (χ0n) is 16.9. The molecule has 2 aliphatic heterocycles. The van der Waals surface area contributed by atoms with Gasteiger partial charge in [-0.3, -0.25) is 9.69 Å². The second-order valence-corrected chi connectivity index (χ2v) is 7.97. The molecule has 0 radical (unpaired) electrons. The summed E-state index contributed by atoms with van der Waals surface area (Å²) in [6.45, 7) is 5.64. The minimum Gasteiger partial charge on any atom is -0.343 e. The normalized spacial score (nSPS) is 19.5. The number of benzene rings is 1. The Labute approximate surface area is 166 Å². The number of carbonyl (C=O) groups is 2. The molecular weight excluding hydrogens is 359 g/mol. The molecule has 2 aliphatic rings. The predicted molar refractivity (Wildman–Crippen MR) is 106 cm³/mol. The zero-order chi connectivity index (χ0) is 20.1. The van der Waals surface area contributed by atoms with Crippen LogP contribution in [0.3, 0.4) is 0 Å². The number of hydrogen-bond acceptors (Lipinski definition) is 3. The molecule has 0 saturated carbocycles. The first-order valence-electron chi connectivity index (χ1n) is 10.2. The van der Waals surface area contributed by atoms with Crippen LogP contribution in [0.2, 0.25) is 0 Å². The Morgan fingerprint density at radius 1 is 1.07 bits per heavy atom. The molecule has 0 spiro atoms. The Kier molecular flexibility index (Phi) is 6.88. The van der Waals surface area contributed by atoms with E-state index in [1.807, 2.05) is 24.1 Å². The summed E-state index contributed by atoms with van der Waals surface area (Å²) < 4.78 is 13.0. The van der Waals surface area contributed by atoms with Gasteiger partial charge in [0, 0.05) is 58.8 Å². The number of halogens is 1. The van der Waals surface area contributed by atoms with E-state index in [9.17, 15) is 14.0 Å². The van der Waals surface area contributed by atoms with E-state index in [0.29, 0.717) is 13.1 Å². The molecule has 6 nitrogen and oxygen atoms in total. The fourth-order valence-electron chi connectivity index (χ4n) is 4.06. The lowest BCUT2D eigenvalue weighted by Gasteiger charge is -2.38. The smallest absolute Gasteiger partial charge is 0.317 e. The molecule has 0 aliphatic carbocycles. The lowest BCUT2D eigenvalue weighted by Crippen LogP contribution is -2.53. The van der Waals surface area contributed by atoms with Gasteiger partial charge in [0.15, 0.2) is 0 Å². The number of urea groups is 1. The van der Waals surface area contributed by atoms with Crippen molar-refractivity contribution >= 4 is 11.9 Å². The number of hydrogen-bond donors (Lipinski definition) is 1. The Balaban J connectivity index is 1.38. The molecule has 3 amide bonds. The molecule has 3 rings (SSSR count). The number of carbonyl (C=O) groups excluding carboxylic acids is 2. The quantitative estimate of drug-likeness (QED) is 0.859. The number of nitrogens with one attached hydrogen (secondary N) is 1. The van der Waals surface area contributed by atoms with Crippen molar-refractivity contribution in [3.63, 3.8) is 0 Å². The molecule has 2 fully saturated rings. The summed E-state index contributed by atoms with van der Waals surface area (Å²) in [5.41, 5.74) is 1.11. The van der Waals surface area contributed by atoms with Crippen molar-refractivity contribution in [2.75, 3.05) is 33.2 Å². The van der Waals surface area contributed by atoms with Crippen LogP contribution in [0.25, 0.3) is 0 Å². The molecule has 7 heteroatoms. The van der Waals surface area contributed by atoms with Crippen LogP contribution in [0.15, 0.2) is 24.3 Å². The molecule has 1 N–H and O–H groups in total. The lowest BCUT2D eigenvalue weighted by molar-refractivity contribution is -0.130. The first-order valence-corrected chi connectivity index (χ1v) is 10.2. The van der Waals surface area contributed by atoms with Gasteiger partial charge < -0.3 is 15.1 Å². The molecule has 28 heavy (non-hydrogen) atoms. The van der Waals surface area contributed by atoms with Gasteiger partial charge in [-0.1, -0.05) is 12.1 Å². The van der Waals surface area contributed by atoms with Gasteiger partial charge in [0.1, 0.15) is 5.82 Å². The molecule has 0 bridgehead atoms. The van der Waals surface area contributed by atoms with Crippen LogP contribution in [0.5, 0.6) is 0 Å². The number of rotatable bonds is 4. The summed E-state index contributed by atoms with van der Waals surface area (Å²) in [4.78, 5) is 30.1.